The van der Waals surface area contributed by atoms with Crippen LogP contribution in [0.3, 0.4) is 0 Å². The minimum Gasteiger partial charge on any atom is -0.507 e. The van der Waals surface area contributed by atoms with Crippen LogP contribution in [0.5, 0.6) is 11.8 Å². The molecule has 41 heavy (non-hydrogen) atoms. The van der Waals surface area contributed by atoms with Gasteiger partial charge in [0, 0.05) is 41.7 Å². The second-order valence-corrected chi connectivity index (χ2v) is 12.6. The molecule has 5 heterocycles. The molecule has 7 nitrogen and oxygen atoms in total. The maximum Gasteiger partial charge on any atom is 0.319 e. The molecule has 4 fully saturated rings. The highest BCUT2D eigenvalue weighted by molar-refractivity contribution is 6.35. The van der Waals surface area contributed by atoms with Gasteiger partial charge in [-0.05, 0) is 74.5 Å². The summed E-state index contributed by atoms with van der Waals surface area (Å²) in [6.45, 7) is 4.26. The third-order valence-electron chi connectivity index (χ3n) is 9.80. The van der Waals surface area contributed by atoms with E-state index in [1.165, 1.54) is 12.8 Å². The molecule has 9 heteroatoms. The zero-order valence-corrected chi connectivity index (χ0v) is 23.6. The first kappa shape index (κ1) is 25.5. The zero-order valence-electron chi connectivity index (χ0n) is 22.9. The summed E-state index contributed by atoms with van der Waals surface area (Å²) in [7, 11) is 0. The number of phenolic OH excluding ortho intramolecular Hbond substituents is 1. The molecule has 4 saturated heterocycles. The number of nitrogens with zero attached hydrogens (tertiary/aromatic N) is 4. The van der Waals surface area contributed by atoms with E-state index in [0.29, 0.717) is 35.5 Å². The number of aromatic hydroxyl groups is 1. The van der Waals surface area contributed by atoms with E-state index in [0.717, 1.165) is 62.6 Å². The van der Waals surface area contributed by atoms with E-state index in [9.17, 15) is 5.11 Å². The van der Waals surface area contributed by atoms with Crippen LogP contribution < -0.4 is 15.0 Å². The number of phenols is 1. The average Bonchev–Trinajstić information content (AvgIpc) is 3.66. The number of aromatic nitrogens is 2. The summed E-state index contributed by atoms with van der Waals surface area (Å²) < 4.78 is 23.2. The topological polar surface area (TPSA) is 73.8 Å². The van der Waals surface area contributed by atoms with Crippen molar-refractivity contribution < 1.29 is 14.2 Å². The molecule has 1 aromatic heterocycles. The molecule has 4 aliphatic heterocycles. The molecule has 4 aromatic rings. The predicted octanol–water partition coefficient (Wildman–Crippen LogP) is 5.90. The summed E-state index contributed by atoms with van der Waals surface area (Å²) in [6.07, 6.45) is 6.77. The van der Waals surface area contributed by atoms with Crippen LogP contribution in [0, 0.1) is 5.82 Å². The largest absolute Gasteiger partial charge is 0.507 e. The van der Waals surface area contributed by atoms with Crippen molar-refractivity contribution in [1.82, 2.24) is 20.2 Å². The number of halogens is 2. The molecule has 8 rings (SSSR count). The standard InChI is InChI=1S/C32H33ClFN5O2/c33-24-15-23-29(28(34)27(24)26-22-6-2-1-5-19(22)7-10-25(26)40)36-31(41-18-32-11-3-13-39(32)14-4-12-32)37-30(23)38-16-20-8-9-21(17-38)35-20/h1-2,5-7,10,15,20-21,35,40H,3-4,8-9,11-14,16-18H2. The van der Waals surface area contributed by atoms with Crippen LogP contribution in [0.4, 0.5) is 10.2 Å². The number of rotatable bonds is 5. The normalized spacial score (nSPS) is 23.5. The molecule has 0 aliphatic carbocycles. The van der Waals surface area contributed by atoms with Crippen molar-refractivity contribution in [2.24, 2.45) is 0 Å². The second kappa shape index (κ2) is 9.68. The van der Waals surface area contributed by atoms with Crippen molar-refractivity contribution in [2.75, 3.05) is 37.7 Å². The monoisotopic (exact) mass is 573 g/mol. The van der Waals surface area contributed by atoms with Crippen molar-refractivity contribution in [3.05, 3.63) is 53.3 Å². The maximum absolute atomic E-state index is 16.8. The van der Waals surface area contributed by atoms with Gasteiger partial charge in [-0.1, -0.05) is 41.9 Å². The number of ether oxygens (including phenoxy) is 1. The Morgan fingerprint density at radius 2 is 1.76 bits per heavy atom. The lowest BCUT2D eigenvalue weighted by Gasteiger charge is -2.35. The minimum atomic E-state index is -0.577. The molecule has 0 saturated carbocycles. The lowest BCUT2D eigenvalue weighted by atomic mass is 9.95. The molecule has 0 spiro atoms. The van der Waals surface area contributed by atoms with Gasteiger partial charge in [-0.25, -0.2) is 4.39 Å². The van der Waals surface area contributed by atoms with Gasteiger partial charge in [-0.15, -0.1) is 0 Å². The smallest absolute Gasteiger partial charge is 0.319 e. The van der Waals surface area contributed by atoms with E-state index < -0.39 is 5.82 Å². The van der Waals surface area contributed by atoms with Gasteiger partial charge in [0.1, 0.15) is 23.7 Å². The number of hydrogen-bond donors (Lipinski definition) is 2. The fraction of sp³-hybridized carbons (Fsp3) is 0.438. The fourth-order valence-electron chi connectivity index (χ4n) is 7.85. The first-order valence-electron chi connectivity index (χ1n) is 14.8. The number of hydrogen-bond acceptors (Lipinski definition) is 7. The Morgan fingerprint density at radius 3 is 2.54 bits per heavy atom. The summed E-state index contributed by atoms with van der Waals surface area (Å²) in [4.78, 5) is 14.4. The highest BCUT2D eigenvalue weighted by atomic mass is 35.5. The van der Waals surface area contributed by atoms with Crippen molar-refractivity contribution >= 4 is 39.1 Å². The molecule has 2 unspecified atom stereocenters. The van der Waals surface area contributed by atoms with E-state index in [1.54, 1.807) is 12.1 Å². The summed E-state index contributed by atoms with van der Waals surface area (Å²) in [5.74, 6) is 0.0484. The molecule has 2 atom stereocenters. The van der Waals surface area contributed by atoms with Crippen LogP contribution in [0.1, 0.15) is 38.5 Å². The van der Waals surface area contributed by atoms with Crippen molar-refractivity contribution in [1.29, 1.82) is 0 Å². The van der Waals surface area contributed by atoms with E-state index in [1.807, 2.05) is 30.3 Å². The van der Waals surface area contributed by atoms with Gasteiger partial charge in [0.15, 0.2) is 5.82 Å². The highest BCUT2D eigenvalue weighted by Gasteiger charge is 2.45. The van der Waals surface area contributed by atoms with Gasteiger partial charge < -0.3 is 20.1 Å². The van der Waals surface area contributed by atoms with E-state index >= 15 is 4.39 Å². The number of nitrogens with one attached hydrogen (secondary N) is 1. The molecule has 0 amide bonds. The molecule has 212 valence electrons. The lowest BCUT2D eigenvalue weighted by Crippen LogP contribution is -2.51. The molecular weight excluding hydrogens is 541 g/mol. The second-order valence-electron chi connectivity index (χ2n) is 12.2. The molecule has 0 radical (unpaired) electrons. The number of anilines is 1. The van der Waals surface area contributed by atoms with E-state index in [-0.39, 0.29) is 33.4 Å². The van der Waals surface area contributed by atoms with Gasteiger partial charge in [-0.2, -0.15) is 9.97 Å². The SMILES string of the molecule is Oc1ccc2ccccc2c1-c1c(Cl)cc2c(N3CC4CCC(C3)N4)nc(OCC34CCCN3CCC4)nc2c1F. The molecule has 4 aliphatic rings. The quantitative estimate of drug-likeness (QED) is 0.308. The maximum atomic E-state index is 16.8. The van der Waals surface area contributed by atoms with Crippen LogP contribution in [-0.4, -0.2) is 70.4 Å². The first-order valence-corrected chi connectivity index (χ1v) is 15.2. The summed E-state index contributed by atoms with van der Waals surface area (Å²) in [5, 5.41) is 17.0. The van der Waals surface area contributed by atoms with Gasteiger partial charge >= 0.3 is 6.01 Å². The van der Waals surface area contributed by atoms with Crippen LogP contribution in [-0.2, 0) is 0 Å². The Bertz CT molecular complexity index is 1660. The van der Waals surface area contributed by atoms with Crippen LogP contribution in [0.2, 0.25) is 5.02 Å². The van der Waals surface area contributed by atoms with E-state index in [2.05, 4.69) is 20.1 Å². The Kier molecular flexibility index (Phi) is 6.02. The van der Waals surface area contributed by atoms with Crippen molar-refractivity contribution in [3.63, 3.8) is 0 Å². The van der Waals surface area contributed by atoms with Gasteiger partial charge in [0.2, 0.25) is 0 Å². The fourth-order valence-corrected chi connectivity index (χ4v) is 8.13. The zero-order chi connectivity index (χ0) is 27.7. The molecule has 2 N–H and O–H groups in total. The van der Waals surface area contributed by atoms with Crippen LogP contribution >= 0.6 is 11.6 Å². The summed E-state index contributed by atoms with van der Waals surface area (Å²) >= 11 is 6.87. The third kappa shape index (κ3) is 4.14. The minimum absolute atomic E-state index is 0.0189. The Hall–Kier alpha value is -3.20. The van der Waals surface area contributed by atoms with E-state index in [4.69, 9.17) is 21.3 Å². The molecule has 3 aromatic carbocycles. The molecular formula is C32H33ClFN5O2. The van der Waals surface area contributed by atoms with Crippen LogP contribution in [0.25, 0.3) is 32.8 Å². The van der Waals surface area contributed by atoms with Gasteiger partial charge in [0.25, 0.3) is 0 Å². The van der Waals surface area contributed by atoms with Crippen LogP contribution in [0.15, 0.2) is 42.5 Å². The lowest BCUT2D eigenvalue weighted by molar-refractivity contribution is 0.108. The Morgan fingerprint density at radius 1 is 1.00 bits per heavy atom. The van der Waals surface area contributed by atoms with Crippen molar-refractivity contribution in [2.45, 2.75) is 56.1 Å². The van der Waals surface area contributed by atoms with Crippen molar-refractivity contribution in [3.8, 4) is 22.9 Å². The highest BCUT2D eigenvalue weighted by Crippen LogP contribution is 2.45. The first-order chi connectivity index (χ1) is 20.0. The molecule has 2 bridgehead atoms. The average molecular weight is 574 g/mol. The Balaban J connectivity index is 1.29. The summed E-state index contributed by atoms with van der Waals surface area (Å²) in [5.41, 5.74) is 0.683. The van der Waals surface area contributed by atoms with Gasteiger partial charge in [-0.3, -0.25) is 4.90 Å². The number of fused-ring (bicyclic) bond motifs is 5. The number of piperazine rings is 1. The predicted molar refractivity (Wildman–Crippen MR) is 160 cm³/mol. The summed E-state index contributed by atoms with van der Waals surface area (Å²) in [6, 6.07) is 13.7. The third-order valence-corrected chi connectivity index (χ3v) is 10.1. The number of benzene rings is 3. The Labute approximate surface area is 243 Å². The van der Waals surface area contributed by atoms with Gasteiger partial charge in [0.05, 0.1) is 10.6 Å².